The topological polar surface area (TPSA) is 76.0 Å². The van der Waals surface area contributed by atoms with Gasteiger partial charge in [-0.3, -0.25) is 20.4 Å². The summed E-state index contributed by atoms with van der Waals surface area (Å²) in [7, 11) is 0. The normalized spacial score (nSPS) is 11.4. The first kappa shape index (κ1) is 20.6. The summed E-state index contributed by atoms with van der Waals surface area (Å²) in [6, 6.07) is 11.7. The number of para-hydroxylation sites is 2. The zero-order valence-electron chi connectivity index (χ0n) is 14.7. The maximum absolute atomic E-state index is 13.5. The predicted octanol–water partition coefficient (Wildman–Crippen LogP) is 3.13. The average Bonchev–Trinajstić information content (AvgIpc) is 3.05. The SMILES string of the molecule is O=C(CSc1ccccc1F)NNC(=O)Cn1c(C(F)(F)F)nc2ccccc21. The lowest BCUT2D eigenvalue weighted by atomic mass is 10.3. The van der Waals surface area contributed by atoms with Crippen LogP contribution in [0.3, 0.4) is 0 Å². The van der Waals surface area contributed by atoms with E-state index in [1.165, 1.54) is 42.5 Å². The number of hydrogen-bond acceptors (Lipinski definition) is 4. The highest BCUT2D eigenvalue weighted by Crippen LogP contribution is 2.31. The predicted molar refractivity (Wildman–Crippen MR) is 98.1 cm³/mol. The third kappa shape index (κ3) is 5.05. The number of benzene rings is 2. The molecule has 0 atom stereocenters. The van der Waals surface area contributed by atoms with E-state index in [0.717, 1.165) is 16.3 Å². The molecule has 0 aliphatic heterocycles. The maximum Gasteiger partial charge on any atom is 0.449 e. The minimum atomic E-state index is -4.75. The number of imidazole rings is 1. The average molecular weight is 426 g/mol. The summed E-state index contributed by atoms with van der Waals surface area (Å²) < 4.78 is 53.9. The molecule has 3 aromatic rings. The van der Waals surface area contributed by atoms with Gasteiger partial charge in [0.2, 0.25) is 11.7 Å². The van der Waals surface area contributed by atoms with Gasteiger partial charge in [0, 0.05) is 4.90 Å². The second kappa shape index (κ2) is 8.52. The Morgan fingerprint density at radius 2 is 1.66 bits per heavy atom. The number of carbonyl (C=O) groups excluding carboxylic acids is 2. The Kier molecular flexibility index (Phi) is 6.06. The van der Waals surface area contributed by atoms with Gasteiger partial charge in [-0.05, 0) is 24.3 Å². The molecule has 0 saturated heterocycles. The van der Waals surface area contributed by atoms with Crippen molar-refractivity contribution in [3.63, 3.8) is 0 Å². The first-order valence-corrected chi connectivity index (χ1v) is 9.22. The zero-order valence-corrected chi connectivity index (χ0v) is 15.5. The molecule has 29 heavy (non-hydrogen) atoms. The molecule has 6 nitrogen and oxygen atoms in total. The number of aromatic nitrogens is 2. The Bertz CT molecular complexity index is 1050. The number of rotatable bonds is 5. The summed E-state index contributed by atoms with van der Waals surface area (Å²) in [6.45, 7) is -0.698. The summed E-state index contributed by atoms with van der Waals surface area (Å²) in [5, 5.41) is 0. The number of carbonyl (C=O) groups is 2. The van der Waals surface area contributed by atoms with Gasteiger partial charge >= 0.3 is 6.18 Å². The van der Waals surface area contributed by atoms with E-state index < -0.39 is 36.2 Å². The van der Waals surface area contributed by atoms with Crippen LogP contribution in [0.25, 0.3) is 11.0 Å². The van der Waals surface area contributed by atoms with Crippen LogP contribution in [-0.4, -0.2) is 27.1 Å². The first-order chi connectivity index (χ1) is 13.8. The van der Waals surface area contributed by atoms with E-state index in [-0.39, 0.29) is 21.7 Å². The van der Waals surface area contributed by atoms with Crippen molar-refractivity contribution in [2.24, 2.45) is 0 Å². The van der Waals surface area contributed by atoms with Crippen LogP contribution in [-0.2, 0) is 22.3 Å². The van der Waals surface area contributed by atoms with Crippen molar-refractivity contribution in [1.29, 1.82) is 0 Å². The number of nitrogens with one attached hydrogen (secondary N) is 2. The lowest BCUT2D eigenvalue weighted by Crippen LogP contribution is -2.44. The van der Waals surface area contributed by atoms with Crippen LogP contribution in [0.4, 0.5) is 17.6 Å². The molecule has 1 aromatic heterocycles. The van der Waals surface area contributed by atoms with Crippen molar-refractivity contribution in [1.82, 2.24) is 20.4 Å². The van der Waals surface area contributed by atoms with Gasteiger partial charge < -0.3 is 4.57 Å². The Labute approximate surface area is 166 Å². The second-order valence-electron chi connectivity index (χ2n) is 5.82. The van der Waals surface area contributed by atoms with Gasteiger partial charge in [-0.1, -0.05) is 24.3 Å². The Hall–Kier alpha value is -3.08. The standard InChI is InChI=1S/C18H14F4N4O2S/c19-11-5-1-4-8-14(11)29-10-16(28)25-24-15(27)9-26-13-7-3-2-6-12(13)23-17(26)18(20,21)22/h1-8H,9-10H2,(H,24,27)(H,25,28). The Balaban J connectivity index is 1.61. The van der Waals surface area contributed by atoms with Gasteiger partial charge in [-0.15, -0.1) is 11.8 Å². The number of amides is 2. The first-order valence-electron chi connectivity index (χ1n) is 8.23. The number of halogens is 4. The molecule has 3 rings (SSSR count). The van der Waals surface area contributed by atoms with Crippen LogP contribution in [0.5, 0.6) is 0 Å². The van der Waals surface area contributed by atoms with E-state index in [9.17, 15) is 27.2 Å². The Morgan fingerprint density at radius 3 is 2.38 bits per heavy atom. The summed E-state index contributed by atoms with van der Waals surface area (Å²) in [4.78, 5) is 27.7. The van der Waals surface area contributed by atoms with Crippen LogP contribution < -0.4 is 10.9 Å². The van der Waals surface area contributed by atoms with E-state index in [0.29, 0.717) is 0 Å². The Morgan fingerprint density at radius 1 is 1.00 bits per heavy atom. The summed E-state index contributed by atoms with van der Waals surface area (Å²) in [6.07, 6.45) is -4.75. The van der Waals surface area contributed by atoms with Crippen LogP contribution >= 0.6 is 11.8 Å². The van der Waals surface area contributed by atoms with E-state index in [1.54, 1.807) is 6.07 Å². The number of alkyl halides is 3. The minimum absolute atomic E-state index is 0.0953. The van der Waals surface area contributed by atoms with Gasteiger partial charge in [0.05, 0.1) is 16.8 Å². The third-order valence-electron chi connectivity index (χ3n) is 3.75. The third-order valence-corrected chi connectivity index (χ3v) is 4.80. The largest absolute Gasteiger partial charge is 0.449 e. The fourth-order valence-electron chi connectivity index (χ4n) is 2.52. The van der Waals surface area contributed by atoms with Gasteiger partial charge in [0.25, 0.3) is 5.91 Å². The summed E-state index contributed by atoms with van der Waals surface area (Å²) in [5.41, 5.74) is 4.38. The van der Waals surface area contributed by atoms with Crippen molar-refractivity contribution in [3.05, 3.63) is 60.2 Å². The second-order valence-corrected chi connectivity index (χ2v) is 6.84. The fraction of sp³-hybridized carbons (Fsp3) is 0.167. The lowest BCUT2D eigenvalue weighted by molar-refractivity contribution is -0.147. The molecule has 0 fully saturated rings. The molecular weight excluding hydrogens is 412 g/mol. The highest BCUT2D eigenvalue weighted by molar-refractivity contribution is 8.00. The summed E-state index contributed by atoms with van der Waals surface area (Å²) in [5.74, 6) is -3.40. The number of hydrazine groups is 1. The minimum Gasteiger partial charge on any atom is -0.311 e. The number of thioether (sulfide) groups is 1. The van der Waals surface area contributed by atoms with Crippen molar-refractivity contribution >= 4 is 34.6 Å². The molecule has 1 heterocycles. The molecule has 2 aromatic carbocycles. The maximum atomic E-state index is 13.5. The fourth-order valence-corrected chi connectivity index (χ4v) is 3.26. The molecule has 0 spiro atoms. The van der Waals surface area contributed by atoms with Crippen molar-refractivity contribution in [2.45, 2.75) is 17.6 Å². The van der Waals surface area contributed by atoms with E-state index in [4.69, 9.17) is 0 Å². The molecule has 152 valence electrons. The van der Waals surface area contributed by atoms with Gasteiger partial charge in [0.15, 0.2) is 0 Å². The summed E-state index contributed by atoms with van der Waals surface area (Å²) >= 11 is 0.918. The molecule has 0 aliphatic rings. The lowest BCUT2D eigenvalue weighted by Gasteiger charge is -2.12. The van der Waals surface area contributed by atoms with Gasteiger partial charge in [-0.25, -0.2) is 9.37 Å². The zero-order chi connectivity index (χ0) is 21.0. The quantitative estimate of drug-likeness (QED) is 0.374. The van der Waals surface area contributed by atoms with Crippen molar-refractivity contribution in [2.75, 3.05) is 5.75 Å². The molecule has 2 amide bonds. The molecule has 2 N–H and O–H groups in total. The number of hydrogen-bond donors (Lipinski definition) is 2. The highest BCUT2D eigenvalue weighted by atomic mass is 32.2. The van der Waals surface area contributed by atoms with Crippen molar-refractivity contribution < 1.29 is 27.2 Å². The molecule has 0 bridgehead atoms. The molecule has 0 unspecified atom stereocenters. The monoisotopic (exact) mass is 426 g/mol. The van der Waals surface area contributed by atoms with E-state index in [2.05, 4.69) is 15.8 Å². The molecule has 11 heteroatoms. The number of nitrogens with zero attached hydrogens (tertiary/aromatic N) is 2. The van der Waals surface area contributed by atoms with Gasteiger partial charge in [0.1, 0.15) is 12.4 Å². The van der Waals surface area contributed by atoms with E-state index in [1.807, 2.05) is 0 Å². The highest BCUT2D eigenvalue weighted by Gasteiger charge is 2.38. The number of fused-ring (bicyclic) bond motifs is 1. The van der Waals surface area contributed by atoms with Crippen LogP contribution in [0.15, 0.2) is 53.4 Å². The molecule has 0 radical (unpaired) electrons. The molecule has 0 saturated carbocycles. The molecule has 0 aliphatic carbocycles. The van der Waals surface area contributed by atoms with Crippen LogP contribution in [0.1, 0.15) is 5.82 Å². The van der Waals surface area contributed by atoms with Crippen LogP contribution in [0, 0.1) is 5.82 Å². The van der Waals surface area contributed by atoms with Gasteiger partial charge in [-0.2, -0.15) is 13.2 Å². The van der Waals surface area contributed by atoms with Crippen molar-refractivity contribution in [3.8, 4) is 0 Å². The smallest absolute Gasteiger partial charge is 0.311 e. The van der Waals surface area contributed by atoms with Crippen LogP contribution in [0.2, 0.25) is 0 Å². The van der Waals surface area contributed by atoms with E-state index >= 15 is 0 Å². The molecular formula is C18H14F4N4O2S.